The zero-order valence-corrected chi connectivity index (χ0v) is 10.5. The molecule has 2 N–H and O–H groups in total. The first kappa shape index (κ1) is 13.5. The third kappa shape index (κ3) is 2.96. The van der Waals surface area contributed by atoms with Crippen LogP contribution in [0.25, 0.3) is 0 Å². The van der Waals surface area contributed by atoms with E-state index in [1.54, 1.807) is 4.90 Å². The van der Waals surface area contributed by atoms with E-state index in [1.807, 2.05) is 20.8 Å². The summed E-state index contributed by atoms with van der Waals surface area (Å²) in [6.45, 7) is 6.39. The van der Waals surface area contributed by atoms with Gasteiger partial charge in [-0.2, -0.15) is 0 Å². The van der Waals surface area contributed by atoms with E-state index >= 15 is 0 Å². The van der Waals surface area contributed by atoms with Gasteiger partial charge in [0.25, 0.3) is 5.91 Å². The summed E-state index contributed by atoms with van der Waals surface area (Å²) in [5.41, 5.74) is 6.02. The number of amides is 1. The van der Waals surface area contributed by atoms with Crippen LogP contribution >= 0.6 is 0 Å². The molecule has 94 valence electrons. The monoisotopic (exact) mass is 238 g/mol. The van der Waals surface area contributed by atoms with Crippen molar-refractivity contribution in [2.45, 2.75) is 33.2 Å². The largest absolute Gasteiger partial charge is 0.399 e. The molecule has 1 atom stereocenters. The van der Waals surface area contributed by atoms with Crippen molar-refractivity contribution in [1.29, 1.82) is 0 Å². The molecule has 0 aromatic heterocycles. The number of nitrogens with two attached hydrogens (primary N) is 1. The predicted molar refractivity (Wildman–Crippen MR) is 67.3 cm³/mol. The fourth-order valence-electron chi connectivity index (χ4n) is 1.74. The first-order valence-corrected chi connectivity index (χ1v) is 5.87. The number of benzene rings is 1. The van der Waals surface area contributed by atoms with Crippen molar-refractivity contribution in [1.82, 2.24) is 4.90 Å². The Hall–Kier alpha value is -1.58. The molecular weight excluding hydrogens is 219 g/mol. The molecule has 1 unspecified atom stereocenters. The Morgan fingerprint density at radius 3 is 2.65 bits per heavy atom. The van der Waals surface area contributed by atoms with Gasteiger partial charge < -0.3 is 10.6 Å². The lowest BCUT2D eigenvalue weighted by Gasteiger charge is -2.27. The van der Waals surface area contributed by atoms with Gasteiger partial charge in [0, 0.05) is 18.3 Å². The second-order valence-electron chi connectivity index (χ2n) is 4.09. The summed E-state index contributed by atoms with van der Waals surface area (Å²) >= 11 is 0. The van der Waals surface area contributed by atoms with Crippen molar-refractivity contribution in [3.8, 4) is 0 Å². The van der Waals surface area contributed by atoms with Crippen molar-refractivity contribution < 1.29 is 9.18 Å². The highest BCUT2D eigenvalue weighted by Crippen LogP contribution is 2.16. The SMILES string of the molecule is CCC(C)N(CC)C(=O)c1cc(N)ccc1F. The highest BCUT2D eigenvalue weighted by molar-refractivity contribution is 5.95. The third-order valence-electron chi connectivity index (χ3n) is 2.95. The van der Waals surface area contributed by atoms with Gasteiger partial charge >= 0.3 is 0 Å². The number of hydrogen-bond donors (Lipinski definition) is 1. The second kappa shape index (κ2) is 5.66. The van der Waals surface area contributed by atoms with E-state index in [-0.39, 0.29) is 17.5 Å². The topological polar surface area (TPSA) is 46.3 Å². The van der Waals surface area contributed by atoms with Crippen LogP contribution in [0.15, 0.2) is 18.2 Å². The average Bonchev–Trinajstić information content (AvgIpc) is 2.32. The fraction of sp³-hybridized carbons (Fsp3) is 0.462. The molecule has 1 amide bonds. The molecule has 0 aliphatic carbocycles. The summed E-state index contributed by atoms with van der Waals surface area (Å²) in [6, 6.07) is 4.16. The van der Waals surface area contributed by atoms with E-state index in [4.69, 9.17) is 5.73 Å². The summed E-state index contributed by atoms with van der Waals surface area (Å²) in [7, 11) is 0. The highest BCUT2D eigenvalue weighted by atomic mass is 19.1. The summed E-state index contributed by atoms with van der Waals surface area (Å²) < 4.78 is 13.6. The molecule has 0 saturated carbocycles. The van der Waals surface area contributed by atoms with Gasteiger partial charge in [0.1, 0.15) is 5.82 Å². The van der Waals surface area contributed by atoms with Gasteiger partial charge in [-0.15, -0.1) is 0 Å². The van der Waals surface area contributed by atoms with E-state index < -0.39 is 5.82 Å². The van der Waals surface area contributed by atoms with Crippen LogP contribution in [0.4, 0.5) is 10.1 Å². The molecule has 4 heteroatoms. The molecule has 17 heavy (non-hydrogen) atoms. The van der Waals surface area contributed by atoms with Crippen LogP contribution in [-0.2, 0) is 0 Å². The van der Waals surface area contributed by atoms with Gasteiger partial charge in [-0.05, 0) is 38.5 Å². The lowest BCUT2D eigenvalue weighted by molar-refractivity contribution is 0.0695. The second-order valence-corrected chi connectivity index (χ2v) is 4.09. The van der Waals surface area contributed by atoms with E-state index in [1.165, 1.54) is 18.2 Å². The molecule has 0 spiro atoms. The number of halogens is 1. The highest BCUT2D eigenvalue weighted by Gasteiger charge is 2.21. The molecule has 3 nitrogen and oxygen atoms in total. The molecule has 0 fully saturated rings. The lowest BCUT2D eigenvalue weighted by Crippen LogP contribution is -2.38. The Labute approximate surface area is 101 Å². The minimum Gasteiger partial charge on any atom is -0.399 e. The Morgan fingerprint density at radius 1 is 1.47 bits per heavy atom. The first-order valence-electron chi connectivity index (χ1n) is 5.87. The summed E-state index contributed by atoms with van der Waals surface area (Å²) in [5, 5.41) is 0. The minimum atomic E-state index is -0.522. The normalized spacial score (nSPS) is 12.2. The molecule has 1 aromatic carbocycles. The molecular formula is C13H19FN2O. The third-order valence-corrected chi connectivity index (χ3v) is 2.95. The Balaban J connectivity index is 3.05. The number of nitrogen functional groups attached to an aromatic ring is 1. The maximum Gasteiger partial charge on any atom is 0.257 e. The van der Waals surface area contributed by atoms with Crippen molar-refractivity contribution >= 4 is 11.6 Å². The number of carbonyl (C=O) groups is 1. The first-order chi connectivity index (χ1) is 8.01. The molecule has 0 bridgehead atoms. The molecule has 0 saturated heterocycles. The average molecular weight is 238 g/mol. The van der Waals surface area contributed by atoms with E-state index in [9.17, 15) is 9.18 Å². The van der Waals surface area contributed by atoms with Gasteiger partial charge in [0.05, 0.1) is 5.56 Å². The number of rotatable bonds is 4. The molecule has 0 heterocycles. The van der Waals surface area contributed by atoms with Crippen molar-refractivity contribution in [3.05, 3.63) is 29.6 Å². The summed E-state index contributed by atoms with van der Waals surface area (Å²) in [5.74, 6) is -0.822. The Kier molecular flexibility index (Phi) is 4.49. The van der Waals surface area contributed by atoms with Crippen molar-refractivity contribution in [3.63, 3.8) is 0 Å². The standard InChI is InChI=1S/C13H19FN2O/c1-4-9(3)16(5-2)13(17)11-8-10(15)6-7-12(11)14/h6-9H,4-5,15H2,1-3H3. The zero-order valence-electron chi connectivity index (χ0n) is 10.5. The summed E-state index contributed by atoms with van der Waals surface area (Å²) in [4.78, 5) is 13.8. The predicted octanol–water partition coefficient (Wildman–Crippen LogP) is 2.67. The number of carbonyl (C=O) groups excluding carboxylic acids is 1. The van der Waals surface area contributed by atoms with E-state index in [0.717, 1.165) is 6.42 Å². The van der Waals surface area contributed by atoms with Crippen LogP contribution in [0.5, 0.6) is 0 Å². The number of nitrogens with zero attached hydrogens (tertiary/aromatic N) is 1. The Bertz CT molecular complexity index is 406. The Morgan fingerprint density at radius 2 is 2.12 bits per heavy atom. The van der Waals surface area contributed by atoms with Gasteiger partial charge in [-0.3, -0.25) is 4.79 Å². The van der Waals surface area contributed by atoms with Gasteiger partial charge in [0.2, 0.25) is 0 Å². The van der Waals surface area contributed by atoms with Crippen LogP contribution in [0.2, 0.25) is 0 Å². The van der Waals surface area contributed by atoms with Crippen molar-refractivity contribution in [2.24, 2.45) is 0 Å². The molecule has 1 aromatic rings. The van der Waals surface area contributed by atoms with Crippen LogP contribution < -0.4 is 5.73 Å². The molecule has 1 rings (SSSR count). The lowest BCUT2D eigenvalue weighted by atomic mass is 10.1. The quantitative estimate of drug-likeness (QED) is 0.820. The van der Waals surface area contributed by atoms with E-state index in [0.29, 0.717) is 12.2 Å². The maximum atomic E-state index is 13.6. The van der Waals surface area contributed by atoms with Crippen LogP contribution in [0.3, 0.4) is 0 Å². The van der Waals surface area contributed by atoms with E-state index in [2.05, 4.69) is 0 Å². The van der Waals surface area contributed by atoms with Crippen LogP contribution in [-0.4, -0.2) is 23.4 Å². The molecule has 0 aliphatic rings. The van der Waals surface area contributed by atoms with Gasteiger partial charge in [-0.25, -0.2) is 4.39 Å². The molecule has 0 radical (unpaired) electrons. The number of anilines is 1. The maximum absolute atomic E-state index is 13.6. The van der Waals surface area contributed by atoms with Gasteiger partial charge in [0.15, 0.2) is 0 Å². The smallest absolute Gasteiger partial charge is 0.257 e. The number of hydrogen-bond acceptors (Lipinski definition) is 2. The molecule has 0 aliphatic heterocycles. The van der Waals surface area contributed by atoms with Crippen LogP contribution in [0.1, 0.15) is 37.6 Å². The zero-order chi connectivity index (χ0) is 13.0. The van der Waals surface area contributed by atoms with Crippen LogP contribution in [0, 0.1) is 5.82 Å². The summed E-state index contributed by atoms with van der Waals surface area (Å²) in [6.07, 6.45) is 0.837. The van der Waals surface area contributed by atoms with Gasteiger partial charge in [-0.1, -0.05) is 6.92 Å². The van der Waals surface area contributed by atoms with Crippen molar-refractivity contribution in [2.75, 3.05) is 12.3 Å². The fourth-order valence-corrected chi connectivity index (χ4v) is 1.74. The minimum absolute atomic E-state index is 0.0483.